The summed E-state index contributed by atoms with van der Waals surface area (Å²) in [6.07, 6.45) is 6.99. The van der Waals surface area contributed by atoms with Crippen LogP contribution in [0.1, 0.15) is 63.8 Å². The maximum Gasteiger partial charge on any atom is 0.189 e. The van der Waals surface area contributed by atoms with Crippen LogP contribution in [0.25, 0.3) is 11.5 Å². The number of nitrogens with one attached hydrogen (secondary N) is 1. The molecular formula is C23H31N5O2. The zero-order valence-electron chi connectivity index (χ0n) is 18.1. The highest BCUT2D eigenvalue weighted by atomic mass is 16.7. The van der Waals surface area contributed by atoms with Crippen LogP contribution in [-0.4, -0.2) is 39.0 Å². The SMILES string of the molecule is CCNc1ncn(Cc2cccc(OCOC3CCCC3)c2)c2nc(C(C)C)nc1-2. The molecule has 4 rings (SSSR count). The van der Waals surface area contributed by atoms with Gasteiger partial charge in [-0.3, -0.25) is 0 Å². The van der Waals surface area contributed by atoms with E-state index in [0.29, 0.717) is 19.4 Å². The minimum atomic E-state index is 0.261. The lowest BCUT2D eigenvalue weighted by Gasteiger charge is -2.15. The number of hydrogen-bond donors (Lipinski definition) is 1. The van der Waals surface area contributed by atoms with Gasteiger partial charge in [0.25, 0.3) is 0 Å². The Morgan fingerprint density at radius 2 is 2.03 bits per heavy atom. The number of aromatic nitrogens is 4. The molecule has 0 aromatic heterocycles. The fourth-order valence-electron chi connectivity index (χ4n) is 3.81. The summed E-state index contributed by atoms with van der Waals surface area (Å²) in [6, 6.07) is 8.11. The number of nitrogens with zero attached hydrogens (tertiary/aromatic N) is 4. The lowest BCUT2D eigenvalue weighted by Crippen LogP contribution is -2.13. The van der Waals surface area contributed by atoms with Crippen molar-refractivity contribution in [2.45, 2.75) is 65.0 Å². The van der Waals surface area contributed by atoms with Gasteiger partial charge in [0.15, 0.2) is 24.1 Å². The van der Waals surface area contributed by atoms with Gasteiger partial charge in [-0.1, -0.05) is 38.8 Å². The molecule has 0 radical (unpaired) electrons. The summed E-state index contributed by atoms with van der Waals surface area (Å²) in [5.74, 6) is 3.55. The van der Waals surface area contributed by atoms with Crippen LogP contribution >= 0.6 is 0 Å². The molecule has 1 fully saturated rings. The monoisotopic (exact) mass is 409 g/mol. The number of anilines is 1. The molecule has 7 nitrogen and oxygen atoms in total. The molecule has 1 aromatic carbocycles. The van der Waals surface area contributed by atoms with Gasteiger partial charge in [0, 0.05) is 12.5 Å². The van der Waals surface area contributed by atoms with E-state index < -0.39 is 0 Å². The summed E-state index contributed by atoms with van der Waals surface area (Å²) in [7, 11) is 0. The van der Waals surface area contributed by atoms with E-state index in [1.165, 1.54) is 12.8 Å². The number of hydrogen-bond acceptors (Lipinski definition) is 6. The highest BCUT2D eigenvalue weighted by molar-refractivity contribution is 5.67. The van der Waals surface area contributed by atoms with E-state index in [9.17, 15) is 0 Å². The first-order valence-corrected chi connectivity index (χ1v) is 10.9. The molecule has 0 spiro atoms. The molecule has 0 bridgehead atoms. The molecule has 1 aliphatic carbocycles. The number of rotatable bonds is 9. The van der Waals surface area contributed by atoms with Crippen molar-refractivity contribution in [2.24, 2.45) is 0 Å². The van der Waals surface area contributed by atoms with Crippen LogP contribution in [0.15, 0.2) is 30.6 Å². The molecule has 0 amide bonds. The molecule has 1 N–H and O–H groups in total. The standard InChI is InChI=1S/C23H31N5O2/c1-4-24-22-20-23(27-21(26-20)16(2)3)28(14-25-22)13-17-8-7-11-19(12-17)30-15-29-18-9-5-6-10-18/h7-8,11-12,14,16,18,24H,4-6,9-10,13,15H2,1-3H3. The average molecular weight is 410 g/mol. The Hall–Kier alpha value is -2.67. The van der Waals surface area contributed by atoms with Crippen molar-refractivity contribution in [2.75, 3.05) is 18.7 Å². The predicted octanol–water partition coefficient (Wildman–Crippen LogP) is 4.68. The molecule has 7 heteroatoms. The lowest BCUT2D eigenvalue weighted by molar-refractivity contribution is -0.0325. The molecule has 3 aliphatic rings. The Balaban J connectivity index is 1.50. The summed E-state index contributed by atoms with van der Waals surface area (Å²) in [5.41, 5.74) is 1.94. The number of fused-ring (bicyclic) bond motifs is 1. The van der Waals surface area contributed by atoms with Crippen molar-refractivity contribution in [3.8, 4) is 17.3 Å². The molecular weight excluding hydrogens is 378 g/mol. The van der Waals surface area contributed by atoms with Crippen LogP contribution in [0, 0.1) is 0 Å². The van der Waals surface area contributed by atoms with Gasteiger partial charge in [0.05, 0.1) is 19.0 Å². The third-order valence-electron chi connectivity index (χ3n) is 5.42. The molecule has 2 heterocycles. The van der Waals surface area contributed by atoms with E-state index in [1.807, 2.05) is 23.0 Å². The van der Waals surface area contributed by atoms with Crippen LogP contribution in [0.5, 0.6) is 5.75 Å². The van der Waals surface area contributed by atoms with Gasteiger partial charge >= 0.3 is 0 Å². The van der Waals surface area contributed by atoms with Gasteiger partial charge in [-0.15, -0.1) is 0 Å². The lowest BCUT2D eigenvalue weighted by atomic mass is 10.2. The van der Waals surface area contributed by atoms with E-state index in [-0.39, 0.29) is 5.92 Å². The molecule has 1 aromatic rings. The van der Waals surface area contributed by atoms with Gasteiger partial charge in [-0.25, -0.2) is 15.0 Å². The Morgan fingerprint density at radius 1 is 1.20 bits per heavy atom. The first-order valence-electron chi connectivity index (χ1n) is 10.9. The molecule has 0 atom stereocenters. The van der Waals surface area contributed by atoms with Crippen molar-refractivity contribution >= 4 is 5.82 Å². The highest BCUT2D eigenvalue weighted by Crippen LogP contribution is 2.29. The Morgan fingerprint density at radius 3 is 2.80 bits per heavy atom. The minimum absolute atomic E-state index is 0.261. The Labute approximate surface area is 178 Å². The van der Waals surface area contributed by atoms with Gasteiger partial charge in [-0.2, -0.15) is 0 Å². The summed E-state index contributed by atoms with van der Waals surface area (Å²) >= 11 is 0. The Bertz CT molecular complexity index is 933. The van der Waals surface area contributed by atoms with Gasteiger partial charge in [0.2, 0.25) is 0 Å². The smallest absolute Gasteiger partial charge is 0.189 e. The van der Waals surface area contributed by atoms with Crippen molar-refractivity contribution in [1.82, 2.24) is 19.5 Å². The molecule has 0 saturated heterocycles. The topological polar surface area (TPSA) is 74.1 Å². The number of imidazole rings is 1. The van der Waals surface area contributed by atoms with Crippen LogP contribution < -0.4 is 10.1 Å². The molecule has 160 valence electrons. The molecule has 2 aliphatic heterocycles. The van der Waals surface area contributed by atoms with Crippen molar-refractivity contribution < 1.29 is 9.47 Å². The van der Waals surface area contributed by atoms with Crippen LogP contribution in [0.4, 0.5) is 5.82 Å². The fourth-order valence-corrected chi connectivity index (χ4v) is 3.81. The Kier molecular flexibility index (Phi) is 6.47. The zero-order chi connectivity index (χ0) is 20.9. The third-order valence-corrected chi connectivity index (χ3v) is 5.42. The summed E-state index contributed by atoms with van der Waals surface area (Å²) < 4.78 is 13.7. The van der Waals surface area contributed by atoms with Crippen molar-refractivity contribution in [1.29, 1.82) is 0 Å². The first kappa shape index (κ1) is 20.6. The minimum Gasteiger partial charge on any atom is -0.468 e. The van der Waals surface area contributed by atoms with Gasteiger partial charge in [-0.05, 0) is 37.5 Å². The summed E-state index contributed by atoms with van der Waals surface area (Å²) in [6.45, 7) is 8.00. The van der Waals surface area contributed by atoms with Crippen molar-refractivity contribution in [3.63, 3.8) is 0 Å². The molecule has 1 saturated carbocycles. The second-order valence-electron chi connectivity index (χ2n) is 8.14. The van der Waals surface area contributed by atoms with E-state index in [2.05, 4.69) is 43.2 Å². The quantitative estimate of drug-likeness (QED) is 0.518. The van der Waals surface area contributed by atoms with E-state index >= 15 is 0 Å². The van der Waals surface area contributed by atoms with Crippen molar-refractivity contribution in [3.05, 3.63) is 42.0 Å². The average Bonchev–Trinajstić information content (AvgIpc) is 3.41. The van der Waals surface area contributed by atoms with Gasteiger partial charge < -0.3 is 19.4 Å². The van der Waals surface area contributed by atoms with Gasteiger partial charge in [0.1, 0.15) is 11.6 Å². The third kappa shape index (κ3) is 4.73. The highest BCUT2D eigenvalue weighted by Gasteiger charge is 2.21. The zero-order valence-corrected chi connectivity index (χ0v) is 18.1. The number of ether oxygens (including phenoxy) is 2. The van der Waals surface area contributed by atoms with E-state index in [0.717, 1.165) is 53.9 Å². The summed E-state index contributed by atoms with van der Waals surface area (Å²) in [5, 5.41) is 3.29. The van der Waals surface area contributed by atoms with Crippen LogP contribution in [-0.2, 0) is 11.3 Å². The van der Waals surface area contributed by atoms with E-state index in [1.54, 1.807) is 0 Å². The normalized spacial score (nSPS) is 14.7. The second kappa shape index (κ2) is 9.43. The summed E-state index contributed by atoms with van der Waals surface area (Å²) in [4.78, 5) is 14.1. The maximum absolute atomic E-state index is 5.84. The molecule has 0 unspecified atom stereocenters. The maximum atomic E-state index is 5.84. The molecule has 30 heavy (non-hydrogen) atoms. The van der Waals surface area contributed by atoms with Crippen LogP contribution in [0.2, 0.25) is 0 Å². The largest absolute Gasteiger partial charge is 0.468 e. The predicted molar refractivity (Wildman–Crippen MR) is 117 cm³/mol. The van der Waals surface area contributed by atoms with Crippen LogP contribution in [0.3, 0.4) is 0 Å². The van der Waals surface area contributed by atoms with E-state index in [4.69, 9.17) is 19.4 Å². The fraction of sp³-hybridized carbons (Fsp3) is 0.522. The second-order valence-corrected chi connectivity index (χ2v) is 8.14. The number of benzene rings is 1. The first-order chi connectivity index (χ1) is 14.6.